The number of imidazole rings is 1. The second-order valence-electron chi connectivity index (χ2n) is 15.7. The Hall–Kier alpha value is -4.79. The largest absolute Gasteiger partial charge is 0.416 e. The van der Waals surface area contributed by atoms with Gasteiger partial charge in [-0.2, -0.15) is 25.9 Å². The average molecular weight is 889 g/mol. The van der Waals surface area contributed by atoms with Gasteiger partial charge >= 0.3 is 16.4 Å². The van der Waals surface area contributed by atoms with Crippen LogP contribution in [0.2, 0.25) is 10.0 Å². The summed E-state index contributed by atoms with van der Waals surface area (Å²) < 4.78 is 71.7. The second kappa shape index (κ2) is 15.3. The van der Waals surface area contributed by atoms with Crippen LogP contribution in [0.25, 0.3) is 22.4 Å². The van der Waals surface area contributed by atoms with Crippen LogP contribution in [0.1, 0.15) is 52.0 Å². The lowest BCUT2D eigenvalue weighted by atomic mass is 9.97. The van der Waals surface area contributed by atoms with E-state index in [0.29, 0.717) is 25.2 Å². The molecule has 0 aliphatic carbocycles. The topological polar surface area (TPSA) is 171 Å². The minimum atomic E-state index is -4.63. The number of nitrogens with zero attached hydrogens (tertiary/aromatic N) is 6. The number of rotatable bonds is 8. The number of alkyl halides is 3. The number of likely N-dealkylation sites (tertiary alicyclic amines) is 1. The molecule has 4 amide bonds. The molecule has 4 aromatic rings. The van der Waals surface area contributed by atoms with Crippen molar-refractivity contribution in [2.45, 2.75) is 50.0 Å². The van der Waals surface area contributed by atoms with Crippen molar-refractivity contribution in [3.63, 3.8) is 0 Å². The first-order valence-electron chi connectivity index (χ1n) is 19.5. The number of benzene rings is 3. The van der Waals surface area contributed by atoms with Gasteiger partial charge in [-0.3, -0.25) is 43.9 Å². The van der Waals surface area contributed by atoms with Crippen molar-refractivity contribution >= 4 is 79.4 Å². The number of piperidine rings is 2. The third-order valence-corrected chi connectivity index (χ3v) is 14.2. The summed E-state index contributed by atoms with van der Waals surface area (Å²) in [5.74, 6) is -2.03. The van der Waals surface area contributed by atoms with Crippen molar-refractivity contribution in [2.75, 3.05) is 62.0 Å². The number of hydrogen-bond donors (Lipinski definition) is 3. The Balaban J connectivity index is 0.772. The van der Waals surface area contributed by atoms with Crippen LogP contribution in [0.15, 0.2) is 48.5 Å². The number of H-pyrrole nitrogens is 1. The van der Waals surface area contributed by atoms with Crippen LogP contribution in [0.4, 0.5) is 24.5 Å². The number of fused-ring (bicyclic) bond motifs is 2. The second-order valence-corrected chi connectivity index (χ2v) is 18.2. The van der Waals surface area contributed by atoms with E-state index < -0.39 is 51.6 Å². The summed E-state index contributed by atoms with van der Waals surface area (Å²) in [6, 6.07) is 10.9. The summed E-state index contributed by atoms with van der Waals surface area (Å²) in [7, 11) is -4.04. The first-order valence-corrected chi connectivity index (χ1v) is 21.7. The Kier molecular flexibility index (Phi) is 10.3. The molecule has 21 heteroatoms. The molecule has 1 aromatic heterocycles. The summed E-state index contributed by atoms with van der Waals surface area (Å²) >= 11 is 12.4. The molecule has 0 saturated carbocycles. The minimum absolute atomic E-state index is 0.0337. The molecule has 5 aliphatic heterocycles. The molecule has 5 aliphatic rings. The number of imide groups is 2. The molecule has 0 spiro atoms. The zero-order valence-electron chi connectivity index (χ0n) is 31.8. The van der Waals surface area contributed by atoms with Gasteiger partial charge in [-0.15, -0.1) is 0 Å². The number of aromatic amines is 1. The van der Waals surface area contributed by atoms with Crippen molar-refractivity contribution in [3.8, 4) is 11.4 Å². The maximum Gasteiger partial charge on any atom is 0.416 e. The Morgan fingerprint density at radius 2 is 1.48 bits per heavy atom. The highest BCUT2D eigenvalue weighted by atomic mass is 35.5. The van der Waals surface area contributed by atoms with E-state index in [9.17, 15) is 40.8 Å². The summed E-state index contributed by atoms with van der Waals surface area (Å²) in [6.07, 6.45) is -2.62. The SMILES string of the molecule is O=C1CCC(N2C(=O)c3ccc(N4CC(N5CCC(N6CCN(S(=O)(=O)Nc7ccc(Cl)cc7-c7nc8c(Cl)cc(C(F)(F)F)cc8[nH]7)CC6)CC5)C4)cc3C2=O)C(=O)N1. The van der Waals surface area contributed by atoms with Crippen LogP contribution >= 0.6 is 23.2 Å². The summed E-state index contributed by atoms with van der Waals surface area (Å²) in [5, 5.41) is 2.27. The zero-order chi connectivity index (χ0) is 42.2. The summed E-state index contributed by atoms with van der Waals surface area (Å²) in [6.45, 7) is 4.87. The molecule has 0 radical (unpaired) electrons. The number of carbonyl (C=O) groups excluding carboxylic acids is 4. The predicted octanol–water partition coefficient (Wildman–Crippen LogP) is 4.58. The van der Waals surface area contributed by atoms with Crippen LogP contribution in [0.5, 0.6) is 0 Å². The Bertz CT molecular complexity index is 2550. The maximum absolute atomic E-state index is 13.7. The third-order valence-electron chi connectivity index (χ3n) is 12.1. The van der Waals surface area contributed by atoms with Crippen LogP contribution in [-0.4, -0.2) is 132 Å². The summed E-state index contributed by atoms with van der Waals surface area (Å²) in [4.78, 5) is 65.6. The lowest BCUT2D eigenvalue weighted by molar-refractivity contribution is -0.138. The summed E-state index contributed by atoms with van der Waals surface area (Å²) in [5.41, 5.74) is 0.895. The highest BCUT2D eigenvalue weighted by Gasteiger charge is 2.45. The van der Waals surface area contributed by atoms with Crippen molar-refractivity contribution in [2.24, 2.45) is 0 Å². The molecule has 9 rings (SSSR count). The Morgan fingerprint density at radius 3 is 2.18 bits per heavy atom. The number of aromatic nitrogens is 2. The zero-order valence-corrected chi connectivity index (χ0v) is 34.1. The highest BCUT2D eigenvalue weighted by molar-refractivity contribution is 7.90. The van der Waals surface area contributed by atoms with Gasteiger partial charge in [0.15, 0.2) is 0 Å². The van der Waals surface area contributed by atoms with Gasteiger partial charge in [0.05, 0.1) is 32.9 Å². The smallest absolute Gasteiger partial charge is 0.368 e. The molecule has 15 nitrogen and oxygen atoms in total. The van der Waals surface area contributed by atoms with Gasteiger partial charge < -0.3 is 9.88 Å². The maximum atomic E-state index is 13.7. The fourth-order valence-electron chi connectivity index (χ4n) is 8.85. The fourth-order valence-corrected chi connectivity index (χ4v) is 10.5. The van der Waals surface area contributed by atoms with Crippen molar-refractivity contribution in [1.29, 1.82) is 0 Å². The van der Waals surface area contributed by atoms with Gasteiger partial charge in [0, 0.05) is 87.1 Å². The molecule has 4 fully saturated rings. The molecule has 4 saturated heterocycles. The number of amides is 4. The molecule has 0 bridgehead atoms. The van der Waals surface area contributed by atoms with Gasteiger partial charge in [0.2, 0.25) is 11.8 Å². The number of halogens is 5. The number of carbonyl (C=O) groups is 4. The molecular formula is C39H38Cl2F3N9O6S. The quantitative estimate of drug-likeness (QED) is 0.213. The Morgan fingerprint density at radius 1 is 0.783 bits per heavy atom. The highest BCUT2D eigenvalue weighted by Crippen LogP contribution is 2.38. The Labute approximate surface area is 351 Å². The van der Waals surface area contributed by atoms with Crippen molar-refractivity contribution in [1.82, 2.24) is 34.3 Å². The van der Waals surface area contributed by atoms with E-state index >= 15 is 0 Å². The lowest BCUT2D eigenvalue weighted by Crippen LogP contribution is -2.62. The van der Waals surface area contributed by atoms with Crippen molar-refractivity contribution in [3.05, 3.63) is 75.3 Å². The first-order chi connectivity index (χ1) is 28.5. The minimum Gasteiger partial charge on any atom is -0.368 e. The van der Waals surface area contributed by atoms with Crippen LogP contribution in [-0.2, 0) is 26.0 Å². The van der Waals surface area contributed by atoms with Gasteiger partial charge in [0.1, 0.15) is 17.4 Å². The van der Waals surface area contributed by atoms with Crippen LogP contribution in [0.3, 0.4) is 0 Å². The van der Waals surface area contributed by atoms with Crippen LogP contribution in [0, 0.1) is 0 Å². The van der Waals surface area contributed by atoms with Gasteiger partial charge in [-0.25, -0.2) is 4.98 Å². The molecule has 3 N–H and O–H groups in total. The van der Waals surface area contributed by atoms with E-state index in [-0.39, 0.29) is 75.2 Å². The number of nitrogens with one attached hydrogen (secondary N) is 3. The predicted molar refractivity (Wildman–Crippen MR) is 216 cm³/mol. The van der Waals surface area contributed by atoms with Crippen molar-refractivity contribution < 1.29 is 40.8 Å². The molecular weight excluding hydrogens is 850 g/mol. The molecule has 1 unspecified atom stereocenters. The average Bonchev–Trinajstić information content (AvgIpc) is 3.73. The number of anilines is 2. The number of piperazine rings is 1. The van der Waals surface area contributed by atoms with E-state index in [1.54, 1.807) is 12.1 Å². The van der Waals surface area contributed by atoms with E-state index in [1.807, 2.05) is 6.07 Å². The molecule has 60 heavy (non-hydrogen) atoms. The third kappa shape index (κ3) is 7.48. The van der Waals surface area contributed by atoms with E-state index in [0.717, 1.165) is 61.7 Å². The van der Waals surface area contributed by atoms with Crippen LogP contribution < -0.4 is 14.9 Å². The molecule has 6 heterocycles. The molecule has 316 valence electrons. The van der Waals surface area contributed by atoms with E-state index in [1.165, 1.54) is 22.5 Å². The van der Waals surface area contributed by atoms with E-state index in [2.05, 4.69) is 34.7 Å². The molecule has 3 aromatic carbocycles. The number of hydrogen-bond acceptors (Lipinski definition) is 10. The molecule has 1 atom stereocenters. The first kappa shape index (κ1) is 40.6. The standard InChI is InChI=1S/C39H38Cl2F3N9O6S/c40-22-1-4-30(28(17-22)35-45-31-16-21(39(42,43)44)15-29(41)34(31)47-35)48-60(58,59)52-13-11-50(12-14-52)23-7-9-49(10-8-23)25-19-51(20-25)24-2-3-26-27(18-24)38(57)53(37(26)56)32-5-6-33(54)46-36(32)55/h1-4,15-18,23,25,32,48H,5-14,19-20H2,(H,45,47)(H,46,54,55). The van der Waals surface area contributed by atoms with Gasteiger partial charge in [-0.1, -0.05) is 23.2 Å². The van der Waals surface area contributed by atoms with E-state index in [4.69, 9.17) is 23.2 Å². The normalized spacial score (nSPS) is 21.8. The lowest BCUT2D eigenvalue weighted by Gasteiger charge is -2.50. The van der Waals surface area contributed by atoms with Gasteiger partial charge in [-0.05, 0) is 67.8 Å². The fraction of sp³-hybridized carbons (Fsp3) is 0.410. The monoisotopic (exact) mass is 887 g/mol. The van der Waals surface area contributed by atoms with Gasteiger partial charge in [0.25, 0.3) is 11.8 Å².